The van der Waals surface area contributed by atoms with Crippen molar-refractivity contribution in [3.8, 4) is 0 Å². The fourth-order valence-electron chi connectivity index (χ4n) is 1.93. The first-order valence-electron chi connectivity index (χ1n) is 6.31. The number of carbonyl (C=O) groups is 2. The number of aromatic carboxylic acids is 1. The van der Waals surface area contributed by atoms with E-state index >= 15 is 0 Å². The largest absolute Gasteiger partial charge is 0.476 e. The highest BCUT2D eigenvalue weighted by molar-refractivity contribution is 7.09. The molecule has 0 aliphatic carbocycles. The summed E-state index contributed by atoms with van der Waals surface area (Å²) in [5, 5.41) is 13.6. The van der Waals surface area contributed by atoms with E-state index in [1.54, 1.807) is 4.90 Å². The molecule has 1 aliphatic rings. The minimum absolute atomic E-state index is 0.00705. The quantitative estimate of drug-likeness (QED) is 0.874. The van der Waals surface area contributed by atoms with Crippen LogP contribution in [0, 0.1) is 0 Å². The summed E-state index contributed by atoms with van der Waals surface area (Å²) in [5.41, 5.74) is 0.00705. The minimum atomic E-state index is -1.06. The summed E-state index contributed by atoms with van der Waals surface area (Å²) in [4.78, 5) is 28.4. The second kappa shape index (κ2) is 6.19. The molecule has 0 radical (unpaired) electrons. The summed E-state index contributed by atoms with van der Waals surface area (Å²) in [6.07, 6.45) is 0.0235. The van der Waals surface area contributed by atoms with E-state index in [0.717, 1.165) is 0 Å². The Labute approximate surface area is 120 Å². The smallest absolute Gasteiger partial charge is 0.355 e. The number of hydrogen-bond donors (Lipinski definition) is 2. The number of carbonyl (C=O) groups excluding carboxylic acids is 1. The Bertz CT molecular complexity index is 505. The van der Waals surface area contributed by atoms with Crippen LogP contribution in [0.3, 0.4) is 0 Å². The summed E-state index contributed by atoms with van der Waals surface area (Å²) in [6.45, 7) is 5.15. The van der Waals surface area contributed by atoms with Crippen LogP contribution in [-0.4, -0.2) is 52.3 Å². The predicted octanol–water partition coefficient (Wildman–Crippen LogP) is 1.16. The third-order valence-corrected chi connectivity index (χ3v) is 3.88. The molecule has 20 heavy (non-hydrogen) atoms. The van der Waals surface area contributed by atoms with Gasteiger partial charge in [-0.3, -0.25) is 0 Å². The van der Waals surface area contributed by atoms with Crippen LogP contribution in [0.1, 0.15) is 29.3 Å². The molecule has 2 heterocycles. The standard InChI is InChI=1S/C12H17N3O4S/c1-7-5-19-8(2)4-15(7)12(18)13-3-10-14-9(6-20-10)11(16)17/h6-8H,3-5H2,1-2H3,(H,13,18)(H,16,17). The lowest BCUT2D eigenvalue weighted by atomic mass is 10.2. The number of thiazole rings is 1. The maximum absolute atomic E-state index is 12.1. The molecule has 1 fully saturated rings. The highest BCUT2D eigenvalue weighted by Gasteiger charge is 2.27. The average molecular weight is 299 g/mol. The Morgan fingerprint density at radius 2 is 2.35 bits per heavy atom. The van der Waals surface area contributed by atoms with Gasteiger partial charge in [0.25, 0.3) is 0 Å². The highest BCUT2D eigenvalue weighted by Crippen LogP contribution is 2.13. The number of morpholine rings is 1. The molecule has 1 aliphatic heterocycles. The predicted molar refractivity (Wildman–Crippen MR) is 72.9 cm³/mol. The highest BCUT2D eigenvalue weighted by atomic mass is 32.1. The third-order valence-electron chi connectivity index (χ3n) is 3.03. The van der Waals surface area contributed by atoms with Crippen LogP contribution >= 0.6 is 11.3 Å². The number of aromatic nitrogens is 1. The van der Waals surface area contributed by atoms with Crippen molar-refractivity contribution >= 4 is 23.3 Å². The summed E-state index contributed by atoms with van der Waals surface area (Å²) in [7, 11) is 0. The Balaban J connectivity index is 1.89. The fourth-order valence-corrected chi connectivity index (χ4v) is 2.64. The lowest BCUT2D eigenvalue weighted by molar-refractivity contribution is -0.0318. The molecular formula is C12H17N3O4S. The van der Waals surface area contributed by atoms with E-state index in [1.165, 1.54) is 16.7 Å². The Hall–Kier alpha value is -1.67. The molecule has 2 rings (SSSR count). The summed E-state index contributed by atoms with van der Waals surface area (Å²) < 4.78 is 5.47. The molecule has 0 aromatic carbocycles. The van der Waals surface area contributed by atoms with Crippen LogP contribution in [0.4, 0.5) is 4.79 Å². The van der Waals surface area contributed by atoms with Gasteiger partial charge in [-0.25, -0.2) is 14.6 Å². The minimum Gasteiger partial charge on any atom is -0.476 e. The molecule has 1 aromatic rings. The number of urea groups is 1. The van der Waals surface area contributed by atoms with E-state index in [-0.39, 0.29) is 30.4 Å². The maximum atomic E-state index is 12.1. The second-order valence-corrected chi connectivity index (χ2v) is 5.68. The molecule has 2 unspecified atom stereocenters. The number of amides is 2. The van der Waals surface area contributed by atoms with Crippen molar-refractivity contribution < 1.29 is 19.4 Å². The van der Waals surface area contributed by atoms with Gasteiger partial charge < -0.3 is 20.1 Å². The average Bonchev–Trinajstić information content (AvgIpc) is 2.88. The number of hydrogen-bond acceptors (Lipinski definition) is 5. The fraction of sp³-hybridized carbons (Fsp3) is 0.583. The van der Waals surface area contributed by atoms with E-state index in [1.807, 2.05) is 13.8 Å². The van der Waals surface area contributed by atoms with Gasteiger partial charge in [0.1, 0.15) is 5.01 Å². The summed E-state index contributed by atoms with van der Waals surface area (Å²) in [5.74, 6) is -1.06. The van der Waals surface area contributed by atoms with E-state index in [4.69, 9.17) is 9.84 Å². The monoisotopic (exact) mass is 299 g/mol. The Morgan fingerprint density at radius 3 is 3.00 bits per heavy atom. The van der Waals surface area contributed by atoms with Crippen LogP contribution < -0.4 is 5.32 Å². The summed E-state index contributed by atoms with van der Waals surface area (Å²) >= 11 is 1.22. The van der Waals surface area contributed by atoms with Crippen molar-refractivity contribution in [1.29, 1.82) is 0 Å². The third kappa shape index (κ3) is 3.45. The molecule has 0 spiro atoms. The van der Waals surface area contributed by atoms with Crippen LogP contribution in [0.25, 0.3) is 0 Å². The van der Waals surface area contributed by atoms with Crippen LogP contribution in [0.5, 0.6) is 0 Å². The van der Waals surface area contributed by atoms with E-state index in [0.29, 0.717) is 18.2 Å². The number of ether oxygens (including phenoxy) is 1. The first-order valence-corrected chi connectivity index (χ1v) is 7.19. The molecule has 1 saturated heterocycles. The van der Waals surface area contributed by atoms with Gasteiger partial charge in [-0.15, -0.1) is 11.3 Å². The molecule has 110 valence electrons. The topological polar surface area (TPSA) is 91.8 Å². The number of carboxylic acid groups (broad SMARTS) is 1. The first kappa shape index (κ1) is 14.7. The Kier molecular flexibility index (Phi) is 4.56. The van der Waals surface area contributed by atoms with Gasteiger partial charge in [0, 0.05) is 11.9 Å². The Morgan fingerprint density at radius 1 is 1.60 bits per heavy atom. The molecule has 1 aromatic heterocycles. The number of nitrogens with one attached hydrogen (secondary N) is 1. The van der Waals surface area contributed by atoms with Crippen molar-refractivity contribution in [2.75, 3.05) is 13.2 Å². The summed E-state index contributed by atoms with van der Waals surface area (Å²) in [6, 6.07) is -0.156. The van der Waals surface area contributed by atoms with E-state index in [9.17, 15) is 9.59 Å². The SMILES string of the molecule is CC1CN(C(=O)NCc2nc(C(=O)O)cs2)C(C)CO1. The van der Waals surface area contributed by atoms with E-state index in [2.05, 4.69) is 10.3 Å². The van der Waals surface area contributed by atoms with Crippen molar-refractivity contribution in [2.24, 2.45) is 0 Å². The molecule has 7 nitrogen and oxygen atoms in total. The lowest BCUT2D eigenvalue weighted by Crippen LogP contribution is -2.53. The molecule has 0 bridgehead atoms. The van der Waals surface area contributed by atoms with Gasteiger partial charge in [0.2, 0.25) is 0 Å². The van der Waals surface area contributed by atoms with Gasteiger partial charge in [0.15, 0.2) is 5.69 Å². The molecule has 8 heteroatoms. The van der Waals surface area contributed by atoms with Crippen LogP contribution in [-0.2, 0) is 11.3 Å². The van der Waals surface area contributed by atoms with Gasteiger partial charge >= 0.3 is 12.0 Å². The lowest BCUT2D eigenvalue weighted by Gasteiger charge is -2.36. The molecule has 2 amide bonds. The second-order valence-electron chi connectivity index (χ2n) is 4.74. The maximum Gasteiger partial charge on any atom is 0.355 e. The normalized spacial score (nSPS) is 22.6. The zero-order valence-corrected chi connectivity index (χ0v) is 12.1. The van der Waals surface area contributed by atoms with Crippen LogP contribution in [0.15, 0.2) is 5.38 Å². The first-order chi connectivity index (χ1) is 9.47. The molecule has 2 atom stereocenters. The van der Waals surface area contributed by atoms with Gasteiger partial charge in [-0.05, 0) is 13.8 Å². The molecular weight excluding hydrogens is 282 g/mol. The van der Waals surface area contributed by atoms with Gasteiger partial charge in [0.05, 0.1) is 25.3 Å². The van der Waals surface area contributed by atoms with Crippen molar-refractivity contribution in [1.82, 2.24) is 15.2 Å². The van der Waals surface area contributed by atoms with Crippen LogP contribution in [0.2, 0.25) is 0 Å². The van der Waals surface area contributed by atoms with Gasteiger partial charge in [-0.1, -0.05) is 0 Å². The molecule has 0 saturated carbocycles. The number of rotatable bonds is 3. The number of carboxylic acids is 1. The van der Waals surface area contributed by atoms with Crippen molar-refractivity contribution in [3.63, 3.8) is 0 Å². The van der Waals surface area contributed by atoms with Crippen molar-refractivity contribution in [2.45, 2.75) is 32.5 Å². The van der Waals surface area contributed by atoms with Crippen molar-refractivity contribution in [3.05, 3.63) is 16.1 Å². The zero-order chi connectivity index (χ0) is 14.7. The van der Waals surface area contributed by atoms with Gasteiger partial charge in [-0.2, -0.15) is 0 Å². The zero-order valence-electron chi connectivity index (χ0n) is 11.3. The number of nitrogens with zero attached hydrogens (tertiary/aromatic N) is 2. The van der Waals surface area contributed by atoms with E-state index < -0.39 is 5.97 Å². The molecule has 2 N–H and O–H groups in total.